The summed E-state index contributed by atoms with van der Waals surface area (Å²) >= 11 is 0. The van der Waals surface area contributed by atoms with Crippen molar-refractivity contribution in [1.29, 1.82) is 0 Å². The third kappa shape index (κ3) is 4.00. The van der Waals surface area contributed by atoms with Gasteiger partial charge in [-0.15, -0.1) is 5.10 Å². The van der Waals surface area contributed by atoms with E-state index in [9.17, 15) is 4.79 Å². The SMILES string of the molecule is CCCCn1nnnc1CNC1CCC(C(=O)O)CC1. The molecule has 1 aromatic rings. The lowest BCUT2D eigenvalue weighted by molar-refractivity contribution is -0.142. The predicted octanol–water partition coefficient (Wildman–Crippen LogP) is 1.21. The van der Waals surface area contributed by atoms with E-state index in [0.29, 0.717) is 12.6 Å². The number of nitrogens with one attached hydrogen (secondary N) is 1. The normalized spacial score (nSPS) is 22.9. The highest BCUT2D eigenvalue weighted by molar-refractivity contribution is 5.70. The van der Waals surface area contributed by atoms with Gasteiger partial charge in [0.15, 0.2) is 5.82 Å². The summed E-state index contributed by atoms with van der Waals surface area (Å²) in [6.45, 7) is 3.65. The second kappa shape index (κ2) is 7.33. The Kier molecular flexibility index (Phi) is 5.46. The van der Waals surface area contributed by atoms with Gasteiger partial charge in [-0.05, 0) is 42.5 Å². The second-order valence-electron chi connectivity index (χ2n) is 5.44. The molecule has 1 aromatic heterocycles. The molecule has 0 spiro atoms. The van der Waals surface area contributed by atoms with Gasteiger partial charge in [-0.3, -0.25) is 4.79 Å². The Bertz CT molecular complexity index is 426. The summed E-state index contributed by atoms with van der Waals surface area (Å²) in [4.78, 5) is 10.9. The van der Waals surface area contributed by atoms with Gasteiger partial charge in [0.1, 0.15) is 0 Å². The average molecular weight is 281 g/mol. The molecule has 1 heterocycles. The van der Waals surface area contributed by atoms with Gasteiger partial charge < -0.3 is 10.4 Å². The minimum Gasteiger partial charge on any atom is -0.481 e. The number of rotatable bonds is 7. The van der Waals surface area contributed by atoms with E-state index < -0.39 is 5.97 Å². The van der Waals surface area contributed by atoms with Gasteiger partial charge in [0, 0.05) is 12.6 Å². The van der Waals surface area contributed by atoms with Crippen molar-refractivity contribution in [3.63, 3.8) is 0 Å². The van der Waals surface area contributed by atoms with Crippen molar-refractivity contribution in [2.24, 2.45) is 5.92 Å². The van der Waals surface area contributed by atoms with Crippen LogP contribution in [0.3, 0.4) is 0 Å². The molecular weight excluding hydrogens is 258 g/mol. The van der Waals surface area contributed by atoms with Crippen molar-refractivity contribution in [3.05, 3.63) is 5.82 Å². The molecule has 2 N–H and O–H groups in total. The van der Waals surface area contributed by atoms with E-state index in [2.05, 4.69) is 27.8 Å². The summed E-state index contributed by atoms with van der Waals surface area (Å²) in [5.41, 5.74) is 0. The summed E-state index contributed by atoms with van der Waals surface area (Å²) < 4.78 is 1.85. The summed E-state index contributed by atoms with van der Waals surface area (Å²) in [5.74, 6) is 0.0358. The van der Waals surface area contributed by atoms with Crippen molar-refractivity contribution in [1.82, 2.24) is 25.5 Å². The van der Waals surface area contributed by atoms with Crippen LogP contribution in [0.2, 0.25) is 0 Å². The van der Waals surface area contributed by atoms with Crippen LogP contribution in [-0.2, 0) is 17.9 Å². The molecule has 1 aliphatic rings. The quantitative estimate of drug-likeness (QED) is 0.780. The zero-order valence-electron chi connectivity index (χ0n) is 12.0. The number of nitrogens with zero attached hydrogens (tertiary/aromatic N) is 4. The number of aliphatic carboxylic acids is 1. The third-order valence-corrected chi connectivity index (χ3v) is 3.95. The van der Waals surface area contributed by atoms with Gasteiger partial charge in [-0.2, -0.15) is 0 Å². The first-order chi connectivity index (χ1) is 9.70. The highest BCUT2D eigenvalue weighted by atomic mass is 16.4. The van der Waals surface area contributed by atoms with Crippen molar-refractivity contribution < 1.29 is 9.90 Å². The maximum atomic E-state index is 10.9. The molecule has 20 heavy (non-hydrogen) atoms. The number of aromatic nitrogens is 4. The summed E-state index contributed by atoms with van der Waals surface area (Å²) in [5, 5.41) is 24.2. The highest BCUT2D eigenvalue weighted by Gasteiger charge is 2.25. The Labute approximate surface area is 118 Å². The molecule has 1 fully saturated rings. The largest absolute Gasteiger partial charge is 0.481 e. The van der Waals surface area contributed by atoms with Crippen LogP contribution in [0.15, 0.2) is 0 Å². The minimum absolute atomic E-state index is 0.164. The first-order valence-electron chi connectivity index (χ1n) is 7.42. The standard InChI is InChI=1S/C13H23N5O2/c1-2-3-8-18-12(15-16-17-18)9-14-11-6-4-10(5-7-11)13(19)20/h10-11,14H,2-9H2,1H3,(H,19,20). The van der Waals surface area contributed by atoms with Gasteiger partial charge >= 0.3 is 5.97 Å². The van der Waals surface area contributed by atoms with Gasteiger partial charge in [0.05, 0.1) is 12.5 Å². The summed E-state index contributed by atoms with van der Waals surface area (Å²) in [6.07, 6.45) is 5.52. The molecule has 0 bridgehead atoms. The van der Waals surface area contributed by atoms with Gasteiger partial charge in [-0.1, -0.05) is 13.3 Å². The fraction of sp³-hybridized carbons (Fsp3) is 0.846. The number of unbranched alkanes of at least 4 members (excludes halogenated alkanes) is 1. The Morgan fingerprint density at radius 2 is 2.15 bits per heavy atom. The van der Waals surface area contributed by atoms with Crippen LogP contribution < -0.4 is 5.32 Å². The minimum atomic E-state index is -0.660. The molecule has 2 rings (SSSR count). The van der Waals surface area contributed by atoms with Gasteiger partial charge in [0.25, 0.3) is 0 Å². The first kappa shape index (κ1) is 14.9. The number of hydrogen-bond acceptors (Lipinski definition) is 5. The predicted molar refractivity (Wildman–Crippen MR) is 72.9 cm³/mol. The lowest BCUT2D eigenvalue weighted by atomic mass is 9.86. The van der Waals surface area contributed by atoms with Crippen molar-refractivity contribution >= 4 is 5.97 Å². The molecular formula is C13H23N5O2. The van der Waals surface area contributed by atoms with E-state index in [1.54, 1.807) is 0 Å². The number of hydrogen-bond donors (Lipinski definition) is 2. The average Bonchev–Trinajstić information content (AvgIpc) is 2.90. The molecule has 0 aromatic carbocycles. The van der Waals surface area contributed by atoms with E-state index in [1.165, 1.54) is 0 Å². The number of tetrazole rings is 1. The maximum Gasteiger partial charge on any atom is 0.306 e. The zero-order chi connectivity index (χ0) is 14.4. The highest BCUT2D eigenvalue weighted by Crippen LogP contribution is 2.24. The molecule has 1 saturated carbocycles. The molecule has 1 aliphatic carbocycles. The summed E-state index contributed by atoms with van der Waals surface area (Å²) in [6, 6.07) is 0.377. The van der Waals surface area contributed by atoms with Crippen LogP contribution >= 0.6 is 0 Å². The molecule has 7 nitrogen and oxygen atoms in total. The summed E-state index contributed by atoms with van der Waals surface area (Å²) in [7, 11) is 0. The van der Waals surface area contributed by atoms with Crippen LogP contribution in [0.1, 0.15) is 51.3 Å². The molecule has 0 radical (unpaired) electrons. The number of carbonyl (C=O) groups is 1. The van der Waals surface area contributed by atoms with Gasteiger partial charge in [-0.25, -0.2) is 4.68 Å². The molecule has 112 valence electrons. The first-order valence-corrected chi connectivity index (χ1v) is 7.42. The lowest BCUT2D eigenvalue weighted by Crippen LogP contribution is -2.35. The zero-order valence-corrected chi connectivity index (χ0v) is 12.0. The Morgan fingerprint density at radius 1 is 1.40 bits per heavy atom. The van der Waals surface area contributed by atoms with Crippen molar-refractivity contribution in [3.8, 4) is 0 Å². The topological polar surface area (TPSA) is 92.9 Å². The van der Waals surface area contributed by atoms with E-state index >= 15 is 0 Å². The fourth-order valence-corrected chi connectivity index (χ4v) is 2.61. The molecule has 0 saturated heterocycles. The Morgan fingerprint density at radius 3 is 2.80 bits per heavy atom. The van der Waals surface area contributed by atoms with Crippen molar-refractivity contribution in [2.45, 2.75) is 64.6 Å². The van der Waals surface area contributed by atoms with Crippen LogP contribution in [-0.4, -0.2) is 37.3 Å². The Balaban J connectivity index is 1.76. The molecule has 0 unspecified atom stereocenters. The van der Waals surface area contributed by atoms with Crippen LogP contribution in [0.4, 0.5) is 0 Å². The monoisotopic (exact) mass is 281 g/mol. The molecule has 0 amide bonds. The van der Waals surface area contributed by atoms with Crippen LogP contribution in [0, 0.1) is 5.92 Å². The maximum absolute atomic E-state index is 10.9. The van der Waals surface area contributed by atoms with Gasteiger partial charge in [0.2, 0.25) is 0 Å². The molecule has 7 heteroatoms. The van der Waals surface area contributed by atoms with Crippen LogP contribution in [0.25, 0.3) is 0 Å². The smallest absolute Gasteiger partial charge is 0.306 e. The third-order valence-electron chi connectivity index (χ3n) is 3.95. The van der Waals surface area contributed by atoms with E-state index in [0.717, 1.165) is 50.9 Å². The number of carboxylic acid groups (broad SMARTS) is 1. The Hall–Kier alpha value is -1.50. The van der Waals surface area contributed by atoms with Crippen LogP contribution in [0.5, 0.6) is 0 Å². The fourth-order valence-electron chi connectivity index (χ4n) is 2.61. The lowest BCUT2D eigenvalue weighted by Gasteiger charge is -2.26. The molecule has 0 aliphatic heterocycles. The number of aryl methyl sites for hydroxylation is 1. The number of carboxylic acids is 1. The van der Waals surface area contributed by atoms with Crippen molar-refractivity contribution in [2.75, 3.05) is 0 Å². The van der Waals surface area contributed by atoms with E-state index in [1.807, 2.05) is 4.68 Å². The second-order valence-corrected chi connectivity index (χ2v) is 5.44. The van der Waals surface area contributed by atoms with E-state index in [4.69, 9.17) is 5.11 Å². The van der Waals surface area contributed by atoms with E-state index in [-0.39, 0.29) is 5.92 Å². The molecule has 0 atom stereocenters.